The maximum Gasteiger partial charge on any atom is 0.254 e. The van der Waals surface area contributed by atoms with Gasteiger partial charge in [0.05, 0.1) is 13.1 Å². The first-order valence-electron chi connectivity index (χ1n) is 12.0. The molecule has 35 heavy (non-hydrogen) atoms. The predicted octanol–water partition coefficient (Wildman–Crippen LogP) is 3.28. The maximum absolute atomic E-state index is 13.1. The normalized spacial score (nSPS) is 14.1. The van der Waals surface area contributed by atoms with Crippen molar-refractivity contribution in [2.45, 2.75) is 20.8 Å². The molecule has 7 nitrogen and oxygen atoms in total. The van der Waals surface area contributed by atoms with Crippen LogP contribution >= 0.6 is 0 Å². The molecule has 2 N–H and O–H groups in total. The summed E-state index contributed by atoms with van der Waals surface area (Å²) in [6.45, 7) is 8.39. The number of carbonyl (C=O) groups is 3. The summed E-state index contributed by atoms with van der Waals surface area (Å²) in [4.78, 5) is 41.7. The van der Waals surface area contributed by atoms with Crippen LogP contribution in [0.1, 0.15) is 27.0 Å². The van der Waals surface area contributed by atoms with Crippen molar-refractivity contribution in [3.63, 3.8) is 0 Å². The third kappa shape index (κ3) is 5.87. The molecule has 0 spiro atoms. The average molecular weight is 473 g/mol. The van der Waals surface area contributed by atoms with E-state index in [4.69, 9.17) is 0 Å². The number of fused-ring (bicyclic) bond motifs is 1. The van der Waals surface area contributed by atoms with Crippen LogP contribution in [0.25, 0.3) is 10.8 Å². The Morgan fingerprint density at radius 1 is 0.829 bits per heavy atom. The van der Waals surface area contributed by atoms with E-state index in [1.165, 1.54) is 0 Å². The smallest absolute Gasteiger partial charge is 0.254 e. The fraction of sp³-hybridized carbons (Fsp3) is 0.321. The molecule has 0 unspecified atom stereocenters. The van der Waals surface area contributed by atoms with E-state index in [9.17, 15) is 14.4 Å². The molecule has 7 heteroatoms. The Balaban J connectivity index is 1.24. The van der Waals surface area contributed by atoms with Crippen LogP contribution in [-0.2, 0) is 9.59 Å². The molecule has 0 radical (unpaired) electrons. The largest absolute Gasteiger partial charge is 0.346 e. The molecule has 0 aromatic heterocycles. The monoisotopic (exact) mass is 472 g/mol. The second-order valence-electron chi connectivity index (χ2n) is 9.19. The highest BCUT2D eigenvalue weighted by Crippen LogP contribution is 2.22. The standard InChI is InChI=1S/C28H32N4O3/c1-19-15-20(2)27(21(3)16-19)30-25(33)17-29-26(34)18-31-11-13-32(14-12-31)28(35)24-10-6-8-22-7-4-5-9-23(22)24/h4-10,15-16H,11-14,17-18H2,1-3H3,(H,29,34)(H,30,33). The number of anilines is 1. The van der Waals surface area contributed by atoms with Gasteiger partial charge >= 0.3 is 0 Å². The van der Waals surface area contributed by atoms with E-state index in [0.29, 0.717) is 31.7 Å². The average Bonchev–Trinajstić information content (AvgIpc) is 2.84. The molecule has 1 heterocycles. The van der Waals surface area contributed by atoms with Gasteiger partial charge in [-0.05, 0) is 48.7 Å². The van der Waals surface area contributed by atoms with E-state index >= 15 is 0 Å². The van der Waals surface area contributed by atoms with Gasteiger partial charge in [0, 0.05) is 37.4 Å². The predicted molar refractivity (Wildman–Crippen MR) is 139 cm³/mol. The SMILES string of the molecule is Cc1cc(C)c(NC(=O)CNC(=O)CN2CCN(C(=O)c3cccc4ccccc34)CC2)c(C)c1. The lowest BCUT2D eigenvalue weighted by Gasteiger charge is -2.34. The van der Waals surface area contributed by atoms with Gasteiger partial charge in [-0.15, -0.1) is 0 Å². The number of nitrogens with one attached hydrogen (secondary N) is 2. The second-order valence-corrected chi connectivity index (χ2v) is 9.19. The summed E-state index contributed by atoms with van der Waals surface area (Å²) < 4.78 is 0. The molecule has 1 saturated heterocycles. The topological polar surface area (TPSA) is 81.8 Å². The molecule has 4 rings (SSSR count). The van der Waals surface area contributed by atoms with E-state index in [0.717, 1.165) is 33.2 Å². The van der Waals surface area contributed by atoms with Crippen molar-refractivity contribution in [1.82, 2.24) is 15.1 Å². The van der Waals surface area contributed by atoms with Crippen molar-refractivity contribution in [1.29, 1.82) is 0 Å². The Hall–Kier alpha value is -3.71. The first kappa shape index (κ1) is 24.4. The van der Waals surface area contributed by atoms with Crippen LogP contribution in [-0.4, -0.2) is 66.8 Å². The first-order chi connectivity index (χ1) is 16.8. The Kier molecular flexibility index (Phi) is 7.46. The molecular weight excluding hydrogens is 440 g/mol. The van der Waals surface area contributed by atoms with E-state index < -0.39 is 0 Å². The highest BCUT2D eigenvalue weighted by Gasteiger charge is 2.24. The maximum atomic E-state index is 13.1. The number of benzene rings is 3. The first-order valence-corrected chi connectivity index (χ1v) is 12.0. The number of nitrogens with zero attached hydrogens (tertiary/aromatic N) is 2. The quantitative estimate of drug-likeness (QED) is 0.577. The van der Waals surface area contributed by atoms with Crippen LogP contribution in [0.2, 0.25) is 0 Å². The number of hydrogen-bond donors (Lipinski definition) is 2. The molecule has 0 saturated carbocycles. The lowest BCUT2D eigenvalue weighted by molar-refractivity contribution is -0.125. The van der Waals surface area contributed by atoms with Crippen LogP contribution in [0.5, 0.6) is 0 Å². The molecule has 1 aliphatic rings. The van der Waals surface area contributed by atoms with Gasteiger partial charge in [0.15, 0.2) is 0 Å². The molecule has 182 valence electrons. The zero-order valence-electron chi connectivity index (χ0n) is 20.6. The molecule has 3 amide bonds. The fourth-order valence-electron chi connectivity index (χ4n) is 4.69. The summed E-state index contributed by atoms with van der Waals surface area (Å²) in [5.74, 6) is -0.436. The highest BCUT2D eigenvalue weighted by molar-refractivity contribution is 6.07. The Morgan fingerprint density at radius 2 is 1.49 bits per heavy atom. The van der Waals surface area contributed by atoms with Crippen LogP contribution in [0, 0.1) is 20.8 Å². The van der Waals surface area contributed by atoms with E-state index in [-0.39, 0.29) is 30.8 Å². The number of piperazine rings is 1. The molecule has 0 bridgehead atoms. The number of rotatable bonds is 6. The number of aryl methyl sites for hydroxylation is 3. The number of carbonyl (C=O) groups excluding carboxylic acids is 3. The number of amides is 3. The van der Waals surface area contributed by atoms with Crippen molar-refractivity contribution in [3.05, 3.63) is 76.9 Å². The molecule has 1 fully saturated rings. The lowest BCUT2D eigenvalue weighted by atomic mass is 10.0. The third-order valence-electron chi connectivity index (χ3n) is 6.43. The molecule has 3 aromatic rings. The summed E-state index contributed by atoms with van der Waals surface area (Å²) in [6, 6.07) is 17.7. The minimum absolute atomic E-state index is 0.0178. The molecule has 0 aliphatic carbocycles. The summed E-state index contributed by atoms with van der Waals surface area (Å²) in [7, 11) is 0. The summed E-state index contributed by atoms with van der Waals surface area (Å²) in [5.41, 5.74) is 4.64. The summed E-state index contributed by atoms with van der Waals surface area (Å²) in [5, 5.41) is 7.61. The van der Waals surface area contributed by atoms with Gasteiger partial charge < -0.3 is 15.5 Å². The summed E-state index contributed by atoms with van der Waals surface area (Å²) in [6.07, 6.45) is 0. The van der Waals surface area contributed by atoms with Gasteiger partial charge in [-0.3, -0.25) is 19.3 Å². The van der Waals surface area contributed by atoms with Crippen molar-refractivity contribution in [3.8, 4) is 0 Å². The Bertz CT molecular complexity index is 1230. The van der Waals surface area contributed by atoms with Crippen LogP contribution in [0.15, 0.2) is 54.6 Å². The zero-order valence-corrected chi connectivity index (χ0v) is 20.6. The Morgan fingerprint density at radius 3 is 2.20 bits per heavy atom. The van der Waals surface area contributed by atoms with Gasteiger partial charge in [-0.2, -0.15) is 0 Å². The van der Waals surface area contributed by atoms with Gasteiger partial charge in [0.2, 0.25) is 11.8 Å². The van der Waals surface area contributed by atoms with Crippen LogP contribution < -0.4 is 10.6 Å². The van der Waals surface area contributed by atoms with Gasteiger partial charge in [-0.1, -0.05) is 54.1 Å². The van der Waals surface area contributed by atoms with E-state index in [1.807, 2.05) is 85.2 Å². The van der Waals surface area contributed by atoms with Gasteiger partial charge in [-0.25, -0.2) is 0 Å². The van der Waals surface area contributed by atoms with E-state index in [2.05, 4.69) is 10.6 Å². The van der Waals surface area contributed by atoms with Gasteiger partial charge in [0.25, 0.3) is 5.91 Å². The molecule has 0 atom stereocenters. The minimum atomic E-state index is -0.251. The zero-order chi connectivity index (χ0) is 24.9. The Labute approximate surface area is 206 Å². The molecule has 3 aromatic carbocycles. The summed E-state index contributed by atoms with van der Waals surface area (Å²) >= 11 is 0. The number of hydrogen-bond acceptors (Lipinski definition) is 4. The molecule has 1 aliphatic heterocycles. The fourth-order valence-corrected chi connectivity index (χ4v) is 4.69. The molecular formula is C28H32N4O3. The third-order valence-corrected chi connectivity index (χ3v) is 6.43. The minimum Gasteiger partial charge on any atom is -0.346 e. The van der Waals surface area contributed by atoms with Crippen LogP contribution in [0.3, 0.4) is 0 Å². The van der Waals surface area contributed by atoms with Crippen molar-refractivity contribution in [2.24, 2.45) is 0 Å². The van der Waals surface area contributed by atoms with Gasteiger partial charge in [0.1, 0.15) is 0 Å². The van der Waals surface area contributed by atoms with Crippen molar-refractivity contribution in [2.75, 3.05) is 44.6 Å². The van der Waals surface area contributed by atoms with Crippen molar-refractivity contribution < 1.29 is 14.4 Å². The lowest BCUT2D eigenvalue weighted by Crippen LogP contribution is -2.51. The highest BCUT2D eigenvalue weighted by atomic mass is 16.2. The second kappa shape index (κ2) is 10.7. The van der Waals surface area contributed by atoms with Crippen LogP contribution in [0.4, 0.5) is 5.69 Å². The van der Waals surface area contributed by atoms with E-state index in [1.54, 1.807) is 0 Å². The van der Waals surface area contributed by atoms with Crippen molar-refractivity contribution >= 4 is 34.2 Å².